The molecule has 1 amide bonds. The minimum absolute atomic E-state index is 0.0508. The molecule has 1 aromatic carbocycles. The highest BCUT2D eigenvalue weighted by Crippen LogP contribution is 2.48. The summed E-state index contributed by atoms with van der Waals surface area (Å²) in [4.78, 5) is 21.6. The third-order valence-electron chi connectivity index (χ3n) is 7.61. The van der Waals surface area contributed by atoms with Gasteiger partial charge in [-0.2, -0.15) is 14.9 Å². The van der Waals surface area contributed by atoms with Crippen molar-refractivity contribution in [3.63, 3.8) is 0 Å². The zero-order chi connectivity index (χ0) is 29.8. The Balaban J connectivity index is 1.69. The van der Waals surface area contributed by atoms with Gasteiger partial charge in [0.1, 0.15) is 24.6 Å². The number of aromatic nitrogens is 4. The summed E-state index contributed by atoms with van der Waals surface area (Å²) in [7, 11) is -3.55. The van der Waals surface area contributed by atoms with Crippen molar-refractivity contribution in [2.45, 2.75) is 83.1 Å². The number of carbonyl (C=O) groups excluding carboxylic acids is 1. The summed E-state index contributed by atoms with van der Waals surface area (Å²) in [6, 6.07) is 11.0. The van der Waals surface area contributed by atoms with E-state index in [-0.39, 0.29) is 23.0 Å². The fourth-order valence-corrected chi connectivity index (χ4v) is 6.68. The van der Waals surface area contributed by atoms with Gasteiger partial charge < -0.3 is 18.2 Å². The molecule has 1 saturated heterocycles. The van der Waals surface area contributed by atoms with Crippen LogP contribution in [-0.2, 0) is 18.2 Å². The topological polar surface area (TPSA) is 133 Å². The maximum atomic E-state index is 12.8. The van der Waals surface area contributed by atoms with E-state index in [0.29, 0.717) is 30.7 Å². The van der Waals surface area contributed by atoms with Gasteiger partial charge in [0.05, 0.1) is 31.4 Å². The molecule has 5 atom stereocenters. The maximum absolute atomic E-state index is 12.8. The van der Waals surface area contributed by atoms with E-state index >= 15 is 0 Å². The van der Waals surface area contributed by atoms with E-state index in [2.05, 4.69) is 67.2 Å². The normalized spacial score (nSPS) is 22.0. The van der Waals surface area contributed by atoms with Gasteiger partial charge in [-0.1, -0.05) is 45.9 Å². The molecular weight excluding hydrogens is 559 g/mol. The molecule has 41 heavy (non-hydrogen) atoms. The first-order valence-corrected chi connectivity index (χ1v) is 18.3. The standard InChI is InChI=1S/C28H39N6O5PSi/c1-8-21-23(38-40(5)36-16-12-15-29)24(39-41(6,7)28(2,3)4)22(37-21)20-17-32-34-25(20)30-18-31-27(34)33-26(35)19-13-10-9-11-14-19/h9-11,13-14,17-18,21-24H,8,12,16H2,1-7H3,(H,30,31,33,35)/t21-,22+,23?,24-,40?/m1/s1. The van der Waals surface area contributed by atoms with E-state index in [1.165, 1.54) is 10.8 Å². The van der Waals surface area contributed by atoms with Gasteiger partial charge in [-0.3, -0.25) is 10.1 Å². The second-order valence-electron chi connectivity index (χ2n) is 11.4. The summed E-state index contributed by atoms with van der Waals surface area (Å²) >= 11 is 0. The Bertz CT molecular complexity index is 1380. The Kier molecular flexibility index (Phi) is 9.90. The minimum atomic E-state index is -2.28. The summed E-state index contributed by atoms with van der Waals surface area (Å²) in [6.45, 7) is 15.2. The molecule has 0 bridgehead atoms. The first-order chi connectivity index (χ1) is 19.5. The van der Waals surface area contributed by atoms with Crippen molar-refractivity contribution in [1.82, 2.24) is 19.6 Å². The lowest BCUT2D eigenvalue weighted by Crippen LogP contribution is -2.48. The molecule has 2 unspecified atom stereocenters. The lowest BCUT2D eigenvalue weighted by molar-refractivity contribution is 0.00912. The predicted octanol–water partition coefficient (Wildman–Crippen LogP) is 5.87. The third kappa shape index (κ3) is 7.00. The van der Waals surface area contributed by atoms with Crippen LogP contribution in [0.25, 0.3) is 5.65 Å². The maximum Gasteiger partial charge on any atom is 0.258 e. The van der Waals surface area contributed by atoms with Crippen LogP contribution in [0.5, 0.6) is 0 Å². The number of amides is 1. The summed E-state index contributed by atoms with van der Waals surface area (Å²) in [5.74, 6) is -0.0520. The summed E-state index contributed by atoms with van der Waals surface area (Å²) in [6.07, 6.45) is 2.47. The van der Waals surface area contributed by atoms with E-state index in [1.807, 2.05) is 12.7 Å². The van der Waals surface area contributed by atoms with Crippen LogP contribution in [0, 0.1) is 11.3 Å². The quantitative estimate of drug-likeness (QED) is 0.163. The molecule has 11 nitrogen and oxygen atoms in total. The fraction of sp³-hybridized carbons (Fsp3) is 0.536. The van der Waals surface area contributed by atoms with Gasteiger partial charge in [0.25, 0.3) is 5.91 Å². The molecular formula is C28H39N6O5PSi. The summed E-state index contributed by atoms with van der Waals surface area (Å²) in [5, 5.41) is 16.2. The Morgan fingerprint density at radius 2 is 1.95 bits per heavy atom. The van der Waals surface area contributed by atoms with Gasteiger partial charge in [-0.25, -0.2) is 9.97 Å². The van der Waals surface area contributed by atoms with Gasteiger partial charge in [-0.15, -0.1) is 0 Å². The number of benzene rings is 1. The highest BCUT2D eigenvalue weighted by atomic mass is 31.2. The van der Waals surface area contributed by atoms with Crippen molar-refractivity contribution in [3.05, 3.63) is 54.0 Å². The van der Waals surface area contributed by atoms with Crippen LogP contribution in [0.4, 0.5) is 5.95 Å². The molecule has 2 aromatic heterocycles. The van der Waals surface area contributed by atoms with E-state index in [4.69, 9.17) is 23.5 Å². The molecule has 3 heterocycles. The molecule has 1 aliphatic heterocycles. The third-order valence-corrected chi connectivity index (χ3v) is 13.2. The highest BCUT2D eigenvalue weighted by Gasteiger charge is 2.52. The number of fused-ring (bicyclic) bond motifs is 1. The monoisotopic (exact) mass is 598 g/mol. The Hall–Kier alpha value is -2.78. The molecule has 13 heteroatoms. The number of nitrogens with zero attached hydrogens (tertiary/aromatic N) is 5. The molecule has 1 aliphatic rings. The number of ether oxygens (including phenoxy) is 1. The second-order valence-corrected chi connectivity index (χ2v) is 17.6. The van der Waals surface area contributed by atoms with Crippen LogP contribution < -0.4 is 5.32 Å². The van der Waals surface area contributed by atoms with Gasteiger partial charge >= 0.3 is 0 Å². The van der Waals surface area contributed by atoms with Crippen molar-refractivity contribution in [2.75, 3.05) is 18.6 Å². The SMILES string of the molecule is CC[C@H]1O[C@@H](c2cnn3c(NC(=O)c4ccccc4)ncnc23)[C@@H](O[Si](C)(C)C(C)(C)C)C1OP(C)OCCC#N. The van der Waals surface area contributed by atoms with Gasteiger partial charge in [0, 0.05) is 17.8 Å². The van der Waals surface area contributed by atoms with E-state index < -0.39 is 35.0 Å². The summed E-state index contributed by atoms with van der Waals surface area (Å²) in [5.41, 5.74) is 1.74. The van der Waals surface area contributed by atoms with Crippen molar-refractivity contribution in [2.24, 2.45) is 0 Å². The zero-order valence-electron chi connectivity index (χ0n) is 24.7. The number of hydrogen-bond acceptors (Lipinski definition) is 9. The lowest BCUT2D eigenvalue weighted by atomic mass is 10.0. The molecule has 3 aromatic rings. The van der Waals surface area contributed by atoms with Gasteiger partial charge in [-0.05, 0) is 36.7 Å². The minimum Gasteiger partial charge on any atom is -0.408 e. The molecule has 1 N–H and O–H groups in total. The van der Waals surface area contributed by atoms with E-state index in [1.54, 1.807) is 30.5 Å². The second kappa shape index (κ2) is 13.0. The van der Waals surface area contributed by atoms with Crippen LogP contribution in [0.1, 0.15) is 62.6 Å². The lowest BCUT2D eigenvalue weighted by Gasteiger charge is -2.40. The van der Waals surface area contributed by atoms with Crippen molar-refractivity contribution in [3.8, 4) is 6.07 Å². The molecule has 0 aliphatic carbocycles. The van der Waals surface area contributed by atoms with Crippen LogP contribution >= 0.6 is 8.38 Å². The van der Waals surface area contributed by atoms with Crippen molar-refractivity contribution in [1.29, 1.82) is 5.26 Å². The molecule has 0 spiro atoms. The van der Waals surface area contributed by atoms with Crippen molar-refractivity contribution < 1.29 is 23.0 Å². The average Bonchev–Trinajstić information content (AvgIpc) is 3.50. The van der Waals surface area contributed by atoms with Gasteiger partial charge in [0.2, 0.25) is 5.95 Å². The average molecular weight is 599 g/mol. The molecule has 4 rings (SSSR count). The number of carbonyl (C=O) groups is 1. The van der Waals surface area contributed by atoms with Crippen LogP contribution in [0.3, 0.4) is 0 Å². The van der Waals surface area contributed by atoms with E-state index in [9.17, 15) is 4.79 Å². The molecule has 220 valence electrons. The largest absolute Gasteiger partial charge is 0.408 e. The number of nitriles is 1. The number of hydrogen-bond donors (Lipinski definition) is 1. The molecule has 0 radical (unpaired) electrons. The smallest absolute Gasteiger partial charge is 0.258 e. The Labute approximate surface area is 243 Å². The first-order valence-electron chi connectivity index (χ1n) is 13.8. The first kappa shape index (κ1) is 31.2. The highest BCUT2D eigenvalue weighted by molar-refractivity contribution is 7.46. The number of anilines is 1. The zero-order valence-corrected chi connectivity index (χ0v) is 26.6. The van der Waals surface area contributed by atoms with Crippen LogP contribution in [0.15, 0.2) is 42.9 Å². The number of nitrogens with one attached hydrogen (secondary N) is 1. The Morgan fingerprint density at radius 1 is 1.22 bits per heavy atom. The Morgan fingerprint density at radius 3 is 2.61 bits per heavy atom. The molecule has 1 fully saturated rings. The fourth-order valence-electron chi connectivity index (χ4n) is 4.38. The van der Waals surface area contributed by atoms with Crippen LogP contribution in [-0.4, -0.2) is 65.4 Å². The van der Waals surface area contributed by atoms with Gasteiger partial charge in [0.15, 0.2) is 22.3 Å². The predicted molar refractivity (Wildman–Crippen MR) is 159 cm³/mol. The summed E-state index contributed by atoms with van der Waals surface area (Å²) < 4.78 is 27.5. The van der Waals surface area contributed by atoms with Crippen LogP contribution in [0.2, 0.25) is 18.1 Å². The molecule has 0 saturated carbocycles. The van der Waals surface area contributed by atoms with Crippen molar-refractivity contribution >= 4 is 34.2 Å². The number of rotatable bonds is 11. The van der Waals surface area contributed by atoms with E-state index in [0.717, 1.165) is 5.56 Å².